The number of aliphatic carboxylic acids is 1. The molecule has 1 N–H and O–H groups in total. The zero-order chi connectivity index (χ0) is 12.5. The molecule has 1 atom stereocenters. The summed E-state index contributed by atoms with van der Waals surface area (Å²) in [6.45, 7) is 0.371. The van der Waals surface area contributed by atoms with E-state index < -0.39 is 22.0 Å². The second kappa shape index (κ2) is 4.94. The van der Waals surface area contributed by atoms with Crippen LogP contribution in [0.2, 0.25) is 0 Å². The Balaban J connectivity index is 2.19. The molecule has 6 heteroatoms. The minimum absolute atomic E-state index is 0.00544. The standard InChI is InChI=1S/C11H19NO4S/c13-11(14)10(9-5-2-1-3-6-9)12-7-4-8-17(12,15)16/h9-10H,1-8H2,(H,13,14). The van der Waals surface area contributed by atoms with Gasteiger partial charge in [-0.1, -0.05) is 19.3 Å². The molecule has 1 heterocycles. The Labute approximate surface area is 102 Å². The Hall–Kier alpha value is -0.620. The van der Waals surface area contributed by atoms with Gasteiger partial charge in [0.15, 0.2) is 0 Å². The van der Waals surface area contributed by atoms with Crippen molar-refractivity contribution in [2.75, 3.05) is 12.3 Å². The molecule has 1 unspecified atom stereocenters. The van der Waals surface area contributed by atoms with Crippen LogP contribution in [-0.2, 0) is 14.8 Å². The SMILES string of the molecule is O=C(O)C(C1CCCCC1)N1CCCS1(=O)=O. The molecule has 5 nitrogen and oxygen atoms in total. The monoisotopic (exact) mass is 261 g/mol. The van der Waals surface area contributed by atoms with Gasteiger partial charge in [0.1, 0.15) is 6.04 Å². The molecule has 0 amide bonds. The third-order valence-electron chi connectivity index (χ3n) is 3.80. The first-order valence-corrected chi connectivity index (χ1v) is 7.85. The van der Waals surface area contributed by atoms with E-state index in [0.29, 0.717) is 13.0 Å². The molecule has 0 bridgehead atoms. The van der Waals surface area contributed by atoms with Crippen molar-refractivity contribution in [1.29, 1.82) is 0 Å². The van der Waals surface area contributed by atoms with Gasteiger partial charge < -0.3 is 5.11 Å². The number of carboxylic acids is 1. The Morgan fingerprint density at radius 1 is 1.18 bits per heavy atom. The molecule has 0 radical (unpaired) electrons. The zero-order valence-electron chi connectivity index (χ0n) is 9.84. The zero-order valence-corrected chi connectivity index (χ0v) is 10.7. The largest absolute Gasteiger partial charge is 0.480 e. The second-order valence-electron chi connectivity index (χ2n) is 4.96. The van der Waals surface area contributed by atoms with E-state index in [4.69, 9.17) is 0 Å². The first-order chi connectivity index (χ1) is 8.02. The second-order valence-corrected chi connectivity index (χ2v) is 7.00. The number of hydrogen-bond donors (Lipinski definition) is 1. The van der Waals surface area contributed by atoms with E-state index in [0.717, 1.165) is 32.1 Å². The van der Waals surface area contributed by atoms with E-state index in [1.165, 1.54) is 4.31 Å². The molecule has 2 aliphatic rings. The molecule has 1 aliphatic carbocycles. The van der Waals surface area contributed by atoms with E-state index in [9.17, 15) is 18.3 Å². The smallest absolute Gasteiger partial charge is 0.322 e. The van der Waals surface area contributed by atoms with Crippen molar-refractivity contribution in [1.82, 2.24) is 4.31 Å². The van der Waals surface area contributed by atoms with Gasteiger partial charge in [0.25, 0.3) is 0 Å². The van der Waals surface area contributed by atoms with Gasteiger partial charge in [-0.05, 0) is 25.2 Å². The van der Waals surface area contributed by atoms with E-state index in [1.54, 1.807) is 0 Å². The van der Waals surface area contributed by atoms with Crippen LogP contribution >= 0.6 is 0 Å². The Morgan fingerprint density at radius 3 is 2.29 bits per heavy atom. The predicted molar refractivity (Wildman–Crippen MR) is 63.1 cm³/mol. The van der Waals surface area contributed by atoms with Gasteiger partial charge in [-0.15, -0.1) is 0 Å². The molecular formula is C11H19NO4S. The maximum absolute atomic E-state index is 11.8. The first kappa shape index (κ1) is 12.8. The highest BCUT2D eigenvalue weighted by molar-refractivity contribution is 7.89. The number of sulfonamides is 1. The molecule has 2 rings (SSSR count). The van der Waals surface area contributed by atoms with Crippen molar-refractivity contribution in [3.63, 3.8) is 0 Å². The van der Waals surface area contributed by atoms with Crippen LogP contribution < -0.4 is 0 Å². The highest BCUT2D eigenvalue weighted by Gasteiger charge is 2.42. The summed E-state index contributed by atoms with van der Waals surface area (Å²) >= 11 is 0. The van der Waals surface area contributed by atoms with Crippen LogP contribution in [0, 0.1) is 5.92 Å². The normalized spacial score (nSPS) is 28.0. The fourth-order valence-corrected chi connectivity index (χ4v) is 4.73. The van der Waals surface area contributed by atoms with Gasteiger partial charge in [-0.25, -0.2) is 8.42 Å². The highest BCUT2D eigenvalue weighted by Crippen LogP contribution is 2.32. The van der Waals surface area contributed by atoms with Crippen molar-refractivity contribution in [2.24, 2.45) is 5.92 Å². The Bertz CT molecular complexity index is 386. The average Bonchev–Trinajstić information content (AvgIpc) is 2.60. The highest BCUT2D eigenvalue weighted by atomic mass is 32.2. The molecule has 0 aromatic carbocycles. The number of nitrogens with zero attached hydrogens (tertiary/aromatic N) is 1. The summed E-state index contributed by atoms with van der Waals surface area (Å²) in [5.41, 5.74) is 0. The quantitative estimate of drug-likeness (QED) is 0.824. The predicted octanol–water partition coefficient (Wildman–Crippen LogP) is 1.06. The number of carbonyl (C=O) groups is 1. The van der Waals surface area contributed by atoms with Crippen molar-refractivity contribution in [3.8, 4) is 0 Å². The number of rotatable bonds is 3. The molecule has 1 saturated carbocycles. The minimum Gasteiger partial charge on any atom is -0.480 e. The fraction of sp³-hybridized carbons (Fsp3) is 0.909. The van der Waals surface area contributed by atoms with Gasteiger partial charge in [0, 0.05) is 6.54 Å². The summed E-state index contributed by atoms with van der Waals surface area (Å²) in [6.07, 6.45) is 5.39. The lowest BCUT2D eigenvalue weighted by molar-refractivity contribution is -0.143. The Morgan fingerprint density at radius 2 is 1.82 bits per heavy atom. The van der Waals surface area contributed by atoms with E-state index >= 15 is 0 Å². The van der Waals surface area contributed by atoms with Gasteiger partial charge in [0.2, 0.25) is 10.0 Å². The van der Waals surface area contributed by atoms with Crippen LogP contribution in [0.3, 0.4) is 0 Å². The lowest BCUT2D eigenvalue weighted by Crippen LogP contribution is -2.47. The molecule has 0 spiro atoms. The van der Waals surface area contributed by atoms with Gasteiger partial charge in [0.05, 0.1) is 5.75 Å². The van der Waals surface area contributed by atoms with Crippen LogP contribution in [0.15, 0.2) is 0 Å². The van der Waals surface area contributed by atoms with Crippen molar-refractivity contribution in [2.45, 2.75) is 44.6 Å². The first-order valence-electron chi connectivity index (χ1n) is 6.25. The van der Waals surface area contributed by atoms with Crippen LogP contribution in [0.25, 0.3) is 0 Å². The lowest BCUT2D eigenvalue weighted by atomic mass is 9.84. The molecule has 0 aromatic heterocycles. The summed E-state index contributed by atoms with van der Waals surface area (Å²) in [6, 6.07) is -0.831. The van der Waals surface area contributed by atoms with Crippen molar-refractivity contribution < 1.29 is 18.3 Å². The van der Waals surface area contributed by atoms with Crippen molar-refractivity contribution in [3.05, 3.63) is 0 Å². The summed E-state index contributed by atoms with van der Waals surface area (Å²) in [5.74, 6) is -0.889. The topological polar surface area (TPSA) is 74.7 Å². The van der Waals surface area contributed by atoms with E-state index in [1.807, 2.05) is 0 Å². The van der Waals surface area contributed by atoms with Crippen LogP contribution in [-0.4, -0.2) is 42.1 Å². The number of hydrogen-bond acceptors (Lipinski definition) is 3. The van der Waals surface area contributed by atoms with Gasteiger partial charge in [-0.3, -0.25) is 4.79 Å². The molecule has 2 fully saturated rings. The third-order valence-corrected chi connectivity index (χ3v) is 5.73. The minimum atomic E-state index is -3.33. The molecule has 1 aliphatic heterocycles. The molecule has 0 aromatic rings. The number of carboxylic acid groups (broad SMARTS) is 1. The van der Waals surface area contributed by atoms with Crippen LogP contribution in [0.1, 0.15) is 38.5 Å². The van der Waals surface area contributed by atoms with Crippen molar-refractivity contribution >= 4 is 16.0 Å². The fourth-order valence-electron chi connectivity index (χ4n) is 2.98. The summed E-state index contributed by atoms with van der Waals surface area (Å²) in [7, 11) is -3.33. The van der Waals surface area contributed by atoms with E-state index in [-0.39, 0.29) is 11.7 Å². The molecular weight excluding hydrogens is 242 g/mol. The van der Waals surface area contributed by atoms with E-state index in [2.05, 4.69) is 0 Å². The summed E-state index contributed by atoms with van der Waals surface area (Å²) < 4.78 is 24.9. The molecule has 1 saturated heterocycles. The van der Waals surface area contributed by atoms with Gasteiger partial charge >= 0.3 is 5.97 Å². The maximum atomic E-state index is 11.8. The lowest BCUT2D eigenvalue weighted by Gasteiger charge is -2.32. The average molecular weight is 261 g/mol. The Kier molecular flexibility index (Phi) is 3.73. The van der Waals surface area contributed by atoms with Gasteiger partial charge in [-0.2, -0.15) is 4.31 Å². The maximum Gasteiger partial charge on any atom is 0.322 e. The molecule has 98 valence electrons. The van der Waals surface area contributed by atoms with Crippen LogP contribution in [0.5, 0.6) is 0 Å². The summed E-state index contributed by atoms with van der Waals surface area (Å²) in [5, 5.41) is 9.31. The van der Waals surface area contributed by atoms with Crippen LogP contribution in [0.4, 0.5) is 0 Å². The molecule has 17 heavy (non-hydrogen) atoms. The summed E-state index contributed by atoms with van der Waals surface area (Å²) in [4.78, 5) is 11.4. The third kappa shape index (κ3) is 2.63.